The smallest absolute Gasteiger partial charge is 0.0344 e. The average Bonchev–Trinajstić information content (AvgIpc) is 2.28. The van der Waals surface area contributed by atoms with Gasteiger partial charge in [0.25, 0.3) is 0 Å². The van der Waals surface area contributed by atoms with Gasteiger partial charge in [-0.2, -0.15) is 0 Å². The molecule has 1 aliphatic rings. The van der Waals surface area contributed by atoms with Crippen molar-refractivity contribution >= 4 is 0 Å². The lowest BCUT2D eigenvalue weighted by Gasteiger charge is -2.28. The topological polar surface area (TPSA) is 18.5 Å². The number of nitrogens with one attached hydrogen (secondary N) is 1. The molecule has 1 heterocycles. The van der Waals surface area contributed by atoms with Gasteiger partial charge in [0.05, 0.1) is 0 Å². The molecule has 90 valence electrons. The first kappa shape index (κ1) is 12.9. The molecule has 15 heavy (non-hydrogen) atoms. The van der Waals surface area contributed by atoms with Gasteiger partial charge in [-0.1, -0.05) is 13.8 Å². The zero-order chi connectivity index (χ0) is 11.3. The monoisotopic (exact) mass is 213 g/mol. The van der Waals surface area contributed by atoms with E-state index in [1.165, 1.54) is 32.6 Å². The molecule has 0 radical (unpaired) electrons. The molecule has 1 fully saturated rings. The van der Waals surface area contributed by atoms with E-state index in [4.69, 9.17) is 0 Å². The van der Waals surface area contributed by atoms with Crippen molar-refractivity contribution in [2.75, 3.05) is 46.8 Å². The largest absolute Gasteiger partial charge is 0.318 e. The maximum atomic E-state index is 3.30. The molecule has 1 N–H and O–H groups in total. The molecule has 0 aromatic rings. The standard InChI is InChI=1S/C12H27N3/c1-5-6-15-9-11(2)8-14(4)12(10-15)7-13-3/h11-13H,5-10H2,1-4H3. The highest BCUT2D eigenvalue weighted by molar-refractivity contribution is 4.81. The summed E-state index contributed by atoms with van der Waals surface area (Å²) in [6.45, 7) is 10.7. The molecule has 1 aliphatic heterocycles. The molecule has 3 heteroatoms. The molecule has 0 aromatic carbocycles. The molecular weight excluding hydrogens is 186 g/mol. The Balaban J connectivity index is 2.55. The van der Waals surface area contributed by atoms with Crippen LogP contribution in [0, 0.1) is 5.92 Å². The third kappa shape index (κ3) is 4.09. The molecule has 2 atom stereocenters. The normalized spacial score (nSPS) is 30.4. The van der Waals surface area contributed by atoms with Crippen LogP contribution in [0.25, 0.3) is 0 Å². The Morgan fingerprint density at radius 2 is 2.00 bits per heavy atom. The summed E-state index contributed by atoms with van der Waals surface area (Å²) in [6, 6.07) is 0.673. The van der Waals surface area contributed by atoms with Crippen molar-refractivity contribution in [3.8, 4) is 0 Å². The minimum atomic E-state index is 0.673. The lowest BCUT2D eigenvalue weighted by Crippen LogP contribution is -2.44. The molecule has 0 aliphatic carbocycles. The van der Waals surface area contributed by atoms with Gasteiger partial charge in [-0.25, -0.2) is 0 Å². The van der Waals surface area contributed by atoms with Gasteiger partial charge < -0.3 is 15.1 Å². The molecule has 0 aromatic heterocycles. The van der Waals surface area contributed by atoms with Gasteiger partial charge in [0, 0.05) is 32.2 Å². The fraction of sp³-hybridized carbons (Fsp3) is 1.00. The van der Waals surface area contributed by atoms with Crippen LogP contribution >= 0.6 is 0 Å². The van der Waals surface area contributed by atoms with Crippen LogP contribution in [-0.2, 0) is 0 Å². The summed E-state index contributed by atoms with van der Waals surface area (Å²) in [5, 5.41) is 3.30. The fourth-order valence-electron chi connectivity index (χ4n) is 2.61. The Bertz CT molecular complexity index is 172. The Morgan fingerprint density at radius 1 is 1.27 bits per heavy atom. The first-order valence-electron chi connectivity index (χ1n) is 6.24. The van der Waals surface area contributed by atoms with Crippen molar-refractivity contribution in [2.45, 2.75) is 26.3 Å². The Hall–Kier alpha value is -0.120. The molecule has 1 saturated heterocycles. The molecule has 0 spiro atoms. The average molecular weight is 213 g/mol. The highest BCUT2D eigenvalue weighted by atomic mass is 15.2. The maximum absolute atomic E-state index is 3.30. The summed E-state index contributed by atoms with van der Waals surface area (Å²) in [7, 11) is 4.31. The van der Waals surface area contributed by atoms with Gasteiger partial charge >= 0.3 is 0 Å². The van der Waals surface area contributed by atoms with Crippen LogP contribution in [0.4, 0.5) is 0 Å². The lowest BCUT2D eigenvalue weighted by atomic mass is 10.1. The minimum absolute atomic E-state index is 0.673. The molecule has 3 nitrogen and oxygen atoms in total. The summed E-state index contributed by atoms with van der Waals surface area (Å²) in [4.78, 5) is 5.13. The van der Waals surface area contributed by atoms with Gasteiger partial charge in [0.1, 0.15) is 0 Å². The second-order valence-electron chi connectivity index (χ2n) is 5.02. The number of likely N-dealkylation sites (N-methyl/N-ethyl adjacent to an activating group) is 2. The van der Waals surface area contributed by atoms with Crippen LogP contribution in [0.2, 0.25) is 0 Å². The van der Waals surface area contributed by atoms with Crippen molar-refractivity contribution < 1.29 is 0 Å². The van der Waals surface area contributed by atoms with Gasteiger partial charge in [-0.3, -0.25) is 0 Å². The van der Waals surface area contributed by atoms with Crippen LogP contribution in [0.1, 0.15) is 20.3 Å². The molecule has 0 amide bonds. The fourth-order valence-corrected chi connectivity index (χ4v) is 2.61. The number of nitrogens with zero attached hydrogens (tertiary/aromatic N) is 2. The van der Waals surface area contributed by atoms with Crippen molar-refractivity contribution in [1.82, 2.24) is 15.1 Å². The van der Waals surface area contributed by atoms with Crippen molar-refractivity contribution in [2.24, 2.45) is 5.92 Å². The second-order valence-corrected chi connectivity index (χ2v) is 5.02. The molecule has 2 unspecified atom stereocenters. The maximum Gasteiger partial charge on any atom is 0.0344 e. The second kappa shape index (κ2) is 6.46. The predicted molar refractivity (Wildman–Crippen MR) is 66.2 cm³/mol. The quantitative estimate of drug-likeness (QED) is 0.747. The molecule has 1 rings (SSSR count). The van der Waals surface area contributed by atoms with Crippen LogP contribution < -0.4 is 5.32 Å². The molecular formula is C12H27N3. The van der Waals surface area contributed by atoms with Crippen LogP contribution in [0.3, 0.4) is 0 Å². The van der Waals surface area contributed by atoms with E-state index in [9.17, 15) is 0 Å². The van der Waals surface area contributed by atoms with Crippen molar-refractivity contribution in [3.05, 3.63) is 0 Å². The third-order valence-corrected chi connectivity index (χ3v) is 3.24. The molecule has 0 saturated carbocycles. The number of hydrogen-bond acceptors (Lipinski definition) is 3. The third-order valence-electron chi connectivity index (χ3n) is 3.24. The SMILES string of the molecule is CCCN1CC(C)CN(C)C(CNC)C1. The van der Waals surface area contributed by atoms with E-state index in [1.54, 1.807) is 0 Å². The Kier molecular flexibility index (Phi) is 5.58. The van der Waals surface area contributed by atoms with Gasteiger partial charge in [-0.15, -0.1) is 0 Å². The van der Waals surface area contributed by atoms with E-state index < -0.39 is 0 Å². The number of rotatable bonds is 4. The van der Waals surface area contributed by atoms with Crippen molar-refractivity contribution in [3.63, 3.8) is 0 Å². The van der Waals surface area contributed by atoms with Gasteiger partial charge in [-0.05, 0) is 33.0 Å². The summed E-state index contributed by atoms with van der Waals surface area (Å²) in [5.41, 5.74) is 0. The predicted octanol–water partition coefficient (Wildman–Crippen LogP) is 0.868. The van der Waals surface area contributed by atoms with Gasteiger partial charge in [0.2, 0.25) is 0 Å². The van der Waals surface area contributed by atoms with E-state index >= 15 is 0 Å². The first-order valence-corrected chi connectivity index (χ1v) is 6.24. The summed E-state index contributed by atoms with van der Waals surface area (Å²) >= 11 is 0. The Morgan fingerprint density at radius 3 is 2.60 bits per heavy atom. The lowest BCUT2D eigenvalue weighted by molar-refractivity contribution is 0.205. The number of hydrogen-bond donors (Lipinski definition) is 1. The highest BCUT2D eigenvalue weighted by Gasteiger charge is 2.24. The first-order chi connectivity index (χ1) is 7.17. The van der Waals surface area contributed by atoms with Crippen LogP contribution in [0.15, 0.2) is 0 Å². The van der Waals surface area contributed by atoms with E-state index in [0.29, 0.717) is 6.04 Å². The highest BCUT2D eigenvalue weighted by Crippen LogP contribution is 2.12. The van der Waals surface area contributed by atoms with Crippen LogP contribution in [-0.4, -0.2) is 62.7 Å². The van der Waals surface area contributed by atoms with E-state index in [2.05, 4.69) is 36.0 Å². The summed E-state index contributed by atoms with van der Waals surface area (Å²) < 4.78 is 0. The van der Waals surface area contributed by atoms with E-state index in [1.807, 2.05) is 7.05 Å². The molecule has 0 bridgehead atoms. The van der Waals surface area contributed by atoms with Crippen molar-refractivity contribution in [1.29, 1.82) is 0 Å². The Labute approximate surface area is 94.8 Å². The zero-order valence-corrected chi connectivity index (χ0v) is 10.8. The zero-order valence-electron chi connectivity index (χ0n) is 10.8. The van der Waals surface area contributed by atoms with Gasteiger partial charge in [0.15, 0.2) is 0 Å². The summed E-state index contributed by atoms with van der Waals surface area (Å²) in [5.74, 6) is 0.795. The van der Waals surface area contributed by atoms with E-state index in [0.717, 1.165) is 12.5 Å². The van der Waals surface area contributed by atoms with E-state index in [-0.39, 0.29) is 0 Å². The minimum Gasteiger partial charge on any atom is -0.318 e. The van der Waals surface area contributed by atoms with Crippen LogP contribution in [0.5, 0.6) is 0 Å². The summed E-state index contributed by atoms with van der Waals surface area (Å²) in [6.07, 6.45) is 1.27.